The summed E-state index contributed by atoms with van der Waals surface area (Å²) in [5.41, 5.74) is 2.09. The molecule has 1 saturated heterocycles. The van der Waals surface area contributed by atoms with Gasteiger partial charge in [-0.1, -0.05) is 18.2 Å². The Morgan fingerprint density at radius 3 is 2.57 bits per heavy atom. The molecule has 0 saturated carbocycles. The van der Waals surface area contributed by atoms with Gasteiger partial charge in [-0.15, -0.1) is 0 Å². The quantitative estimate of drug-likeness (QED) is 0.837. The van der Waals surface area contributed by atoms with Crippen LogP contribution in [0.25, 0.3) is 0 Å². The first kappa shape index (κ1) is 14.1. The minimum absolute atomic E-state index is 0.0694. The molecule has 0 unspecified atom stereocenters. The van der Waals surface area contributed by atoms with Gasteiger partial charge >= 0.3 is 0 Å². The van der Waals surface area contributed by atoms with Gasteiger partial charge in [0.15, 0.2) is 0 Å². The molecule has 3 rings (SSSR count). The molecule has 0 radical (unpaired) electrons. The van der Waals surface area contributed by atoms with Gasteiger partial charge in [0.2, 0.25) is 11.8 Å². The number of hydrogen-bond donors (Lipinski definition) is 0. The fourth-order valence-electron chi connectivity index (χ4n) is 3.38. The molecule has 0 spiro atoms. The molecule has 0 N–H and O–H groups in total. The number of hydrogen-bond acceptors (Lipinski definition) is 2. The molecular formula is C17H22N2O2. The lowest BCUT2D eigenvalue weighted by molar-refractivity contribution is -0.133. The number of rotatable bonds is 2. The Labute approximate surface area is 125 Å². The summed E-state index contributed by atoms with van der Waals surface area (Å²) in [6.07, 6.45) is 4.43. The van der Waals surface area contributed by atoms with Crippen LogP contribution in [0.4, 0.5) is 5.69 Å². The highest BCUT2D eigenvalue weighted by atomic mass is 16.2. The summed E-state index contributed by atoms with van der Waals surface area (Å²) in [4.78, 5) is 28.8. The van der Waals surface area contributed by atoms with E-state index in [1.165, 1.54) is 5.56 Å². The number of benzene rings is 1. The van der Waals surface area contributed by atoms with Crippen LogP contribution in [-0.2, 0) is 16.0 Å². The molecule has 112 valence electrons. The lowest BCUT2D eigenvalue weighted by atomic mass is 10.1. The number of carbonyl (C=O) groups excluding carboxylic acids is 2. The Morgan fingerprint density at radius 2 is 1.81 bits per heavy atom. The van der Waals surface area contributed by atoms with Crippen LogP contribution in [0, 0.1) is 0 Å². The van der Waals surface area contributed by atoms with E-state index in [0.29, 0.717) is 6.42 Å². The van der Waals surface area contributed by atoms with E-state index >= 15 is 0 Å². The summed E-state index contributed by atoms with van der Waals surface area (Å²) >= 11 is 0. The van der Waals surface area contributed by atoms with Gasteiger partial charge in [0.05, 0.1) is 0 Å². The lowest BCUT2D eigenvalue weighted by Gasteiger charge is -2.31. The van der Waals surface area contributed by atoms with Crippen molar-refractivity contribution in [3.63, 3.8) is 0 Å². The predicted octanol–water partition coefficient (Wildman–Crippen LogP) is 2.37. The summed E-state index contributed by atoms with van der Waals surface area (Å²) in [5, 5.41) is 0. The van der Waals surface area contributed by atoms with Gasteiger partial charge in [0.1, 0.15) is 6.04 Å². The van der Waals surface area contributed by atoms with E-state index in [0.717, 1.165) is 44.5 Å². The number of para-hydroxylation sites is 1. The summed E-state index contributed by atoms with van der Waals surface area (Å²) in [6, 6.07) is 7.56. The molecule has 2 heterocycles. The highest BCUT2D eigenvalue weighted by Gasteiger charge is 2.33. The number of amides is 2. The Hall–Kier alpha value is -1.84. The van der Waals surface area contributed by atoms with Crippen LogP contribution in [-0.4, -0.2) is 35.8 Å². The molecule has 1 atom stereocenters. The Morgan fingerprint density at radius 1 is 1.10 bits per heavy atom. The Bertz CT molecular complexity index is 549. The maximum absolute atomic E-state index is 12.6. The Balaban J connectivity index is 1.91. The van der Waals surface area contributed by atoms with E-state index in [1.54, 1.807) is 4.90 Å². The third-order valence-electron chi connectivity index (χ3n) is 4.52. The van der Waals surface area contributed by atoms with Gasteiger partial charge in [-0.05, 0) is 44.2 Å². The van der Waals surface area contributed by atoms with E-state index in [1.807, 2.05) is 30.0 Å². The number of carbonyl (C=O) groups is 2. The fourth-order valence-corrected chi connectivity index (χ4v) is 3.38. The van der Waals surface area contributed by atoms with Crippen molar-refractivity contribution in [2.45, 2.75) is 45.1 Å². The number of nitrogens with zero attached hydrogens (tertiary/aromatic N) is 2. The van der Waals surface area contributed by atoms with Crippen molar-refractivity contribution in [3.8, 4) is 0 Å². The molecule has 2 aliphatic rings. The van der Waals surface area contributed by atoms with Crippen LogP contribution in [0.1, 0.15) is 38.2 Å². The minimum atomic E-state index is -0.408. The smallest absolute Gasteiger partial charge is 0.245 e. The van der Waals surface area contributed by atoms with Crippen molar-refractivity contribution in [2.75, 3.05) is 18.0 Å². The zero-order chi connectivity index (χ0) is 14.8. The second kappa shape index (κ2) is 5.88. The van der Waals surface area contributed by atoms with Gasteiger partial charge in [0, 0.05) is 25.2 Å². The first-order valence-corrected chi connectivity index (χ1v) is 7.87. The van der Waals surface area contributed by atoms with Crippen molar-refractivity contribution in [1.82, 2.24) is 4.90 Å². The molecule has 0 aromatic heterocycles. The standard InChI is InChI=1S/C17H22N2O2/c1-13(17(21)18-11-4-5-12-18)19-15-9-3-2-7-14(15)8-6-10-16(19)20/h2-3,7,9,13H,4-6,8,10-12H2,1H3/t13-/m1/s1. The van der Waals surface area contributed by atoms with E-state index in [-0.39, 0.29) is 11.8 Å². The number of anilines is 1. The molecular weight excluding hydrogens is 264 g/mol. The molecule has 1 aromatic rings. The van der Waals surface area contributed by atoms with Gasteiger partial charge in [-0.3, -0.25) is 14.5 Å². The average Bonchev–Trinajstić information content (AvgIpc) is 2.97. The van der Waals surface area contributed by atoms with Crippen LogP contribution in [0.3, 0.4) is 0 Å². The highest BCUT2D eigenvalue weighted by Crippen LogP contribution is 2.29. The average molecular weight is 286 g/mol. The minimum Gasteiger partial charge on any atom is -0.341 e. The Kier molecular flexibility index (Phi) is 3.95. The summed E-state index contributed by atoms with van der Waals surface area (Å²) in [5.74, 6) is 0.151. The summed E-state index contributed by atoms with van der Waals surface area (Å²) < 4.78 is 0. The monoisotopic (exact) mass is 286 g/mol. The fraction of sp³-hybridized carbons (Fsp3) is 0.529. The molecule has 0 aliphatic carbocycles. The molecule has 4 nitrogen and oxygen atoms in total. The van der Waals surface area contributed by atoms with Gasteiger partial charge < -0.3 is 4.90 Å². The maximum atomic E-state index is 12.6. The SMILES string of the molecule is C[C@H](C(=O)N1CCCC1)N1C(=O)CCCc2ccccc21. The lowest BCUT2D eigenvalue weighted by Crippen LogP contribution is -2.49. The molecule has 4 heteroatoms. The zero-order valence-electron chi connectivity index (χ0n) is 12.5. The third kappa shape index (κ3) is 2.67. The van der Waals surface area contributed by atoms with Gasteiger partial charge in [-0.2, -0.15) is 0 Å². The molecule has 2 aliphatic heterocycles. The summed E-state index contributed by atoms with van der Waals surface area (Å²) in [7, 11) is 0. The predicted molar refractivity (Wildman–Crippen MR) is 82.1 cm³/mol. The second-order valence-corrected chi connectivity index (χ2v) is 5.95. The largest absolute Gasteiger partial charge is 0.341 e. The van der Waals surface area contributed by atoms with Crippen molar-refractivity contribution in [2.24, 2.45) is 0 Å². The van der Waals surface area contributed by atoms with Crippen LogP contribution < -0.4 is 4.90 Å². The first-order valence-electron chi connectivity index (χ1n) is 7.87. The highest BCUT2D eigenvalue weighted by molar-refractivity contribution is 6.01. The van der Waals surface area contributed by atoms with Gasteiger partial charge in [0.25, 0.3) is 0 Å². The number of fused-ring (bicyclic) bond motifs is 1. The van der Waals surface area contributed by atoms with Crippen molar-refractivity contribution in [3.05, 3.63) is 29.8 Å². The number of aryl methyl sites for hydroxylation is 1. The topological polar surface area (TPSA) is 40.6 Å². The first-order chi connectivity index (χ1) is 10.2. The maximum Gasteiger partial charge on any atom is 0.245 e. The van der Waals surface area contributed by atoms with Crippen molar-refractivity contribution >= 4 is 17.5 Å². The second-order valence-electron chi connectivity index (χ2n) is 5.95. The molecule has 1 aromatic carbocycles. The molecule has 2 amide bonds. The van der Waals surface area contributed by atoms with E-state index in [2.05, 4.69) is 6.07 Å². The van der Waals surface area contributed by atoms with Crippen LogP contribution in [0.2, 0.25) is 0 Å². The van der Waals surface area contributed by atoms with Gasteiger partial charge in [-0.25, -0.2) is 0 Å². The van der Waals surface area contributed by atoms with Crippen LogP contribution in [0.15, 0.2) is 24.3 Å². The van der Waals surface area contributed by atoms with Crippen LogP contribution >= 0.6 is 0 Å². The molecule has 1 fully saturated rings. The summed E-state index contributed by atoms with van der Waals surface area (Å²) in [6.45, 7) is 3.51. The zero-order valence-corrected chi connectivity index (χ0v) is 12.5. The molecule has 21 heavy (non-hydrogen) atoms. The van der Waals surface area contributed by atoms with E-state index in [9.17, 15) is 9.59 Å². The van der Waals surface area contributed by atoms with E-state index in [4.69, 9.17) is 0 Å². The van der Waals surface area contributed by atoms with Crippen LogP contribution in [0.5, 0.6) is 0 Å². The normalized spacial score (nSPS) is 20.1. The molecule has 0 bridgehead atoms. The van der Waals surface area contributed by atoms with Crippen molar-refractivity contribution < 1.29 is 9.59 Å². The third-order valence-corrected chi connectivity index (χ3v) is 4.52. The number of likely N-dealkylation sites (tertiary alicyclic amines) is 1. The van der Waals surface area contributed by atoms with Crippen molar-refractivity contribution in [1.29, 1.82) is 0 Å². The van der Waals surface area contributed by atoms with E-state index < -0.39 is 6.04 Å².